The van der Waals surface area contributed by atoms with E-state index in [0.717, 1.165) is 37.5 Å². The lowest BCUT2D eigenvalue weighted by atomic mass is 9.95. The monoisotopic (exact) mass is 559 g/mol. The van der Waals surface area contributed by atoms with E-state index < -0.39 is 16.1 Å². The lowest BCUT2D eigenvalue weighted by molar-refractivity contribution is -0.141. The molecule has 0 unspecified atom stereocenters. The predicted octanol–water partition coefficient (Wildman–Crippen LogP) is 4.12. The number of carbonyl (C=O) groups is 2. The quantitative estimate of drug-likeness (QED) is 0.396. The Hall–Kier alpha value is -3.27. The van der Waals surface area contributed by atoms with Gasteiger partial charge in [-0.25, -0.2) is 8.42 Å². The van der Waals surface area contributed by atoms with Gasteiger partial charge in [0.25, 0.3) is 0 Å². The maximum absolute atomic E-state index is 13.5. The Labute approximate surface area is 232 Å². The highest BCUT2D eigenvalue weighted by atomic mass is 32.2. The lowest BCUT2D eigenvalue weighted by Crippen LogP contribution is -2.50. The minimum Gasteiger partial charge on any atom is -0.497 e. The summed E-state index contributed by atoms with van der Waals surface area (Å²) < 4.78 is 36.8. The summed E-state index contributed by atoms with van der Waals surface area (Å²) in [6.07, 6.45) is 6.81. The van der Waals surface area contributed by atoms with E-state index >= 15 is 0 Å². The standard InChI is InChI=1S/C29H41N3O6S/c1-22(29(34)30-24-10-6-5-7-11-24)31(21-23-15-17-26(37-2)18-16-23)28(33)14-9-19-32(39(4,35)36)25-12-8-13-27(20-25)38-3/h8,12-13,15-18,20,22,24H,5-7,9-11,14,19,21H2,1-4H3,(H,30,34)/t22-/m0/s1. The van der Waals surface area contributed by atoms with Gasteiger partial charge in [0, 0.05) is 31.6 Å². The maximum Gasteiger partial charge on any atom is 0.242 e. The van der Waals surface area contributed by atoms with Crippen molar-refractivity contribution in [2.75, 3.05) is 31.3 Å². The summed E-state index contributed by atoms with van der Waals surface area (Å²) in [5.41, 5.74) is 1.34. The first-order valence-corrected chi connectivity index (χ1v) is 15.3. The fraction of sp³-hybridized carbons (Fsp3) is 0.517. The number of carbonyl (C=O) groups excluding carboxylic acids is 2. The molecule has 214 valence electrons. The molecule has 9 nitrogen and oxygen atoms in total. The number of nitrogens with zero attached hydrogens (tertiary/aromatic N) is 2. The zero-order valence-corrected chi connectivity index (χ0v) is 24.2. The van der Waals surface area contributed by atoms with Gasteiger partial charge in [-0.2, -0.15) is 0 Å². The van der Waals surface area contributed by atoms with Crippen molar-refractivity contribution in [1.29, 1.82) is 0 Å². The van der Waals surface area contributed by atoms with E-state index in [2.05, 4.69) is 5.32 Å². The van der Waals surface area contributed by atoms with Crippen LogP contribution in [0.15, 0.2) is 48.5 Å². The van der Waals surface area contributed by atoms with Crippen LogP contribution < -0.4 is 19.1 Å². The van der Waals surface area contributed by atoms with Crippen LogP contribution in [0.4, 0.5) is 5.69 Å². The molecule has 10 heteroatoms. The molecule has 1 fully saturated rings. The molecule has 0 bridgehead atoms. The van der Waals surface area contributed by atoms with Crippen LogP contribution in [-0.2, 0) is 26.2 Å². The fourth-order valence-electron chi connectivity index (χ4n) is 4.85. The van der Waals surface area contributed by atoms with Crippen LogP contribution in [0, 0.1) is 0 Å². The molecule has 2 amide bonds. The van der Waals surface area contributed by atoms with Crippen molar-refractivity contribution >= 4 is 27.5 Å². The molecule has 2 aromatic rings. The summed E-state index contributed by atoms with van der Waals surface area (Å²) in [4.78, 5) is 28.3. The van der Waals surface area contributed by atoms with Crippen LogP contribution in [-0.4, -0.2) is 64.2 Å². The SMILES string of the molecule is COc1ccc(CN(C(=O)CCCN(c2cccc(OC)c2)S(C)(=O)=O)[C@@H](C)C(=O)NC2CCCCC2)cc1. The molecular weight excluding hydrogens is 518 g/mol. The van der Waals surface area contributed by atoms with Crippen molar-refractivity contribution in [3.05, 3.63) is 54.1 Å². The number of sulfonamides is 1. The number of ether oxygens (including phenoxy) is 2. The van der Waals surface area contributed by atoms with E-state index in [-0.39, 0.29) is 37.4 Å². The highest BCUT2D eigenvalue weighted by Gasteiger charge is 2.28. The van der Waals surface area contributed by atoms with Gasteiger partial charge in [0.05, 0.1) is 26.2 Å². The first kappa shape index (κ1) is 30.3. The summed E-state index contributed by atoms with van der Waals surface area (Å²) in [7, 11) is -0.475. The predicted molar refractivity (Wildman–Crippen MR) is 152 cm³/mol. The first-order chi connectivity index (χ1) is 18.6. The molecule has 39 heavy (non-hydrogen) atoms. The largest absolute Gasteiger partial charge is 0.497 e. The van der Waals surface area contributed by atoms with Gasteiger partial charge in [-0.05, 0) is 56.0 Å². The molecule has 0 aliphatic heterocycles. The number of benzene rings is 2. The smallest absolute Gasteiger partial charge is 0.242 e. The van der Waals surface area contributed by atoms with Gasteiger partial charge in [-0.3, -0.25) is 13.9 Å². The number of anilines is 1. The van der Waals surface area contributed by atoms with Crippen molar-refractivity contribution in [3.63, 3.8) is 0 Å². The van der Waals surface area contributed by atoms with Crippen LogP contribution in [0.3, 0.4) is 0 Å². The van der Waals surface area contributed by atoms with Crippen molar-refractivity contribution in [2.45, 2.75) is 70.5 Å². The molecular formula is C29H41N3O6S. The minimum absolute atomic E-state index is 0.0905. The normalized spacial score (nSPS) is 14.8. The Balaban J connectivity index is 1.72. The first-order valence-electron chi connectivity index (χ1n) is 13.5. The number of amides is 2. The van der Waals surface area contributed by atoms with E-state index in [9.17, 15) is 18.0 Å². The van der Waals surface area contributed by atoms with Crippen LogP contribution in [0.1, 0.15) is 57.4 Å². The van der Waals surface area contributed by atoms with Crippen LogP contribution in [0.2, 0.25) is 0 Å². The van der Waals surface area contributed by atoms with Crippen molar-refractivity contribution in [2.24, 2.45) is 0 Å². The minimum atomic E-state index is -3.59. The highest BCUT2D eigenvalue weighted by Crippen LogP contribution is 2.24. The zero-order valence-electron chi connectivity index (χ0n) is 23.4. The number of nitrogens with one attached hydrogen (secondary N) is 1. The van der Waals surface area contributed by atoms with Crippen molar-refractivity contribution < 1.29 is 27.5 Å². The van der Waals surface area contributed by atoms with E-state index in [1.165, 1.54) is 17.8 Å². The third-order valence-electron chi connectivity index (χ3n) is 7.12. The Kier molecular flexibility index (Phi) is 11.0. The Morgan fingerprint density at radius 3 is 2.28 bits per heavy atom. The second kappa shape index (κ2) is 14.2. The summed E-state index contributed by atoms with van der Waals surface area (Å²) >= 11 is 0. The number of rotatable bonds is 13. The van der Waals surface area contributed by atoms with E-state index in [4.69, 9.17) is 9.47 Å². The third kappa shape index (κ3) is 8.88. The van der Waals surface area contributed by atoms with Gasteiger partial charge in [-0.1, -0.05) is 37.5 Å². The van der Waals surface area contributed by atoms with Crippen LogP contribution >= 0.6 is 0 Å². The summed E-state index contributed by atoms with van der Waals surface area (Å²) in [6.45, 7) is 2.13. The maximum atomic E-state index is 13.5. The van der Waals surface area contributed by atoms with Gasteiger partial charge >= 0.3 is 0 Å². The van der Waals surface area contributed by atoms with Gasteiger partial charge in [-0.15, -0.1) is 0 Å². The molecule has 0 aromatic heterocycles. The molecule has 3 rings (SSSR count). The third-order valence-corrected chi connectivity index (χ3v) is 8.32. The topological polar surface area (TPSA) is 105 Å². The Morgan fingerprint density at radius 1 is 1.00 bits per heavy atom. The van der Waals surface area contributed by atoms with E-state index in [1.54, 1.807) is 43.2 Å². The highest BCUT2D eigenvalue weighted by molar-refractivity contribution is 7.92. The van der Waals surface area contributed by atoms with Crippen LogP contribution in [0.25, 0.3) is 0 Å². The van der Waals surface area contributed by atoms with Crippen molar-refractivity contribution in [3.8, 4) is 11.5 Å². The van der Waals surface area contributed by atoms with Gasteiger partial charge in [0.2, 0.25) is 21.8 Å². The second-order valence-electron chi connectivity index (χ2n) is 10.0. The molecule has 1 aliphatic carbocycles. The molecule has 1 saturated carbocycles. The fourth-order valence-corrected chi connectivity index (χ4v) is 5.81. The lowest BCUT2D eigenvalue weighted by Gasteiger charge is -2.31. The van der Waals surface area contributed by atoms with Gasteiger partial charge in [0.1, 0.15) is 17.5 Å². The Morgan fingerprint density at radius 2 is 1.67 bits per heavy atom. The zero-order chi connectivity index (χ0) is 28.4. The average Bonchev–Trinajstić information content (AvgIpc) is 2.93. The summed E-state index contributed by atoms with van der Waals surface area (Å²) in [6, 6.07) is 13.7. The van der Waals surface area contributed by atoms with E-state index in [1.807, 2.05) is 24.3 Å². The summed E-state index contributed by atoms with van der Waals surface area (Å²) in [5, 5.41) is 3.13. The molecule has 2 aromatic carbocycles. The molecule has 1 atom stereocenters. The molecule has 0 spiro atoms. The molecule has 0 radical (unpaired) electrons. The second-order valence-corrected chi connectivity index (χ2v) is 11.9. The van der Waals surface area contributed by atoms with Crippen molar-refractivity contribution in [1.82, 2.24) is 10.2 Å². The molecule has 1 aliphatic rings. The Bertz CT molecular complexity index is 1200. The molecule has 1 N–H and O–H groups in total. The average molecular weight is 560 g/mol. The van der Waals surface area contributed by atoms with Crippen LogP contribution in [0.5, 0.6) is 11.5 Å². The molecule has 0 saturated heterocycles. The van der Waals surface area contributed by atoms with E-state index in [0.29, 0.717) is 23.6 Å². The number of hydrogen-bond acceptors (Lipinski definition) is 6. The van der Waals surface area contributed by atoms with Gasteiger partial charge < -0.3 is 19.7 Å². The van der Waals surface area contributed by atoms with Gasteiger partial charge in [0.15, 0.2) is 0 Å². The summed E-state index contributed by atoms with van der Waals surface area (Å²) in [5.74, 6) is 0.868. The number of hydrogen-bond donors (Lipinski definition) is 1. The number of methoxy groups -OCH3 is 2. The molecule has 0 heterocycles.